The first kappa shape index (κ1) is 13.3. The molecule has 0 aliphatic heterocycles. The lowest BCUT2D eigenvalue weighted by molar-refractivity contribution is 0.0903. The maximum absolute atomic E-state index is 9.65. The van der Waals surface area contributed by atoms with Gasteiger partial charge in [-0.1, -0.05) is 12.1 Å². The van der Waals surface area contributed by atoms with Crippen LogP contribution in [0.2, 0.25) is 0 Å². The molecule has 0 saturated heterocycles. The molecular weight excluding hydrogens is 347 g/mol. The van der Waals surface area contributed by atoms with Crippen LogP contribution in [0.4, 0.5) is 0 Å². The Morgan fingerprint density at radius 1 is 1.50 bits per heavy atom. The third-order valence-corrected chi connectivity index (χ3v) is 3.49. The van der Waals surface area contributed by atoms with Crippen molar-refractivity contribution >= 4 is 22.6 Å². The maximum atomic E-state index is 9.65. The Bertz CT molecular complexity index is 538. The number of hydrogen-bond acceptors (Lipinski definition) is 5. The average molecular weight is 360 g/mol. The minimum absolute atomic E-state index is 0.167. The van der Waals surface area contributed by atoms with E-state index in [4.69, 9.17) is 9.26 Å². The molecule has 1 heterocycles. The van der Waals surface area contributed by atoms with Gasteiger partial charge in [0.1, 0.15) is 11.9 Å². The summed E-state index contributed by atoms with van der Waals surface area (Å²) in [7, 11) is 1.61. The van der Waals surface area contributed by atoms with E-state index in [9.17, 15) is 5.11 Å². The van der Waals surface area contributed by atoms with Crippen LogP contribution >= 0.6 is 22.6 Å². The molecule has 5 nitrogen and oxygen atoms in total. The van der Waals surface area contributed by atoms with Gasteiger partial charge in [-0.3, -0.25) is 0 Å². The van der Waals surface area contributed by atoms with Gasteiger partial charge < -0.3 is 14.4 Å². The molecule has 0 aliphatic carbocycles. The maximum Gasteiger partial charge on any atom is 0.258 e. The van der Waals surface area contributed by atoms with Crippen LogP contribution in [0.15, 0.2) is 22.7 Å². The van der Waals surface area contributed by atoms with Gasteiger partial charge in [0.15, 0.2) is 0 Å². The number of phenols is 1. The van der Waals surface area contributed by atoms with Crippen molar-refractivity contribution in [2.75, 3.05) is 7.11 Å². The Balaban J connectivity index is 2.31. The number of halogens is 1. The van der Waals surface area contributed by atoms with Crippen molar-refractivity contribution in [3.05, 3.63) is 27.6 Å². The van der Waals surface area contributed by atoms with Crippen LogP contribution in [0.5, 0.6) is 5.75 Å². The molecule has 0 amide bonds. The molecule has 1 atom stereocenters. The van der Waals surface area contributed by atoms with E-state index in [0.717, 1.165) is 9.99 Å². The monoisotopic (exact) mass is 360 g/mol. The largest absolute Gasteiger partial charge is 0.507 e. The highest BCUT2D eigenvalue weighted by Gasteiger charge is 2.17. The van der Waals surface area contributed by atoms with E-state index in [1.807, 2.05) is 13.0 Å². The first-order valence-corrected chi connectivity index (χ1v) is 6.58. The molecule has 2 rings (SSSR count). The zero-order valence-corrected chi connectivity index (χ0v) is 12.2. The van der Waals surface area contributed by atoms with Crippen LogP contribution in [0, 0.1) is 3.57 Å². The number of methoxy groups -OCH3 is 1. The van der Waals surface area contributed by atoms with Gasteiger partial charge in [0.25, 0.3) is 5.89 Å². The quantitative estimate of drug-likeness (QED) is 0.849. The lowest BCUT2D eigenvalue weighted by Gasteiger charge is -2.06. The molecule has 0 aliphatic rings. The van der Waals surface area contributed by atoms with Gasteiger partial charge >= 0.3 is 0 Å². The molecule has 0 spiro atoms. The Kier molecular flexibility index (Phi) is 4.18. The summed E-state index contributed by atoms with van der Waals surface area (Å²) in [6.45, 7) is 1.99. The van der Waals surface area contributed by atoms with Gasteiger partial charge in [0, 0.05) is 12.7 Å². The number of aromatic hydroxyl groups is 1. The van der Waals surface area contributed by atoms with Gasteiger partial charge in [0.2, 0.25) is 5.82 Å². The number of ether oxygens (including phenoxy) is 1. The summed E-state index contributed by atoms with van der Waals surface area (Å²) in [6, 6.07) is 5.22. The molecule has 0 fully saturated rings. The number of phenolic OH excluding ortho intramolecular Hbond substituents is 1. The van der Waals surface area contributed by atoms with Crippen molar-refractivity contribution in [3.63, 3.8) is 0 Å². The number of aromatic nitrogens is 2. The second-order valence-electron chi connectivity index (χ2n) is 3.76. The highest BCUT2D eigenvalue weighted by Crippen LogP contribution is 2.27. The third-order valence-electron chi connectivity index (χ3n) is 2.58. The summed E-state index contributed by atoms with van der Waals surface area (Å²) in [5, 5.41) is 13.5. The van der Waals surface area contributed by atoms with E-state index < -0.39 is 0 Å². The summed E-state index contributed by atoms with van der Waals surface area (Å²) in [4.78, 5) is 4.28. The topological polar surface area (TPSA) is 68.4 Å². The highest BCUT2D eigenvalue weighted by atomic mass is 127. The smallest absolute Gasteiger partial charge is 0.258 e. The molecule has 6 heteroatoms. The SMILES string of the molecule is CCC(OC)c1noc(-c2ccc(I)c(O)c2)n1. The lowest BCUT2D eigenvalue weighted by atomic mass is 10.2. The van der Waals surface area contributed by atoms with E-state index in [0.29, 0.717) is 17.3 Å². The van der Waals surface area contributed by atoms with Crippen LogP contribution < -0.4 is 0 Å². The summed E-state index contributed by atoms with van der Waals surface area (Å²) < 4.78 is 11.2. The fraction of sp³-hybridized carbons (Fsp3) is 0.333. The molecule has 18 heavy (non-hydrogen) atoms. The van der Waals surface area contributed by atoms with E-state index in [1.54, 1.807) is 19.2 Å². The second-order valence-corrected chi connectivity index (χ2v) is 4.92. The van der Waals surface area contributed by atoms with Gasteiger partial charge in [-0.05, 0) is 47.2 Å². The van der Waals surface area contributed by atoms with E-state index in [2.05, 4.69) is 32.7 Å². The Hall–Kier alpha value is -1.15. The molecule has 1 aromatic heterocycles. The van der Waals surface area contributed by atoms with Crippen molar-refractivity contribution in [3.8, 4) is 17.2 Å². The number of nitrogens with zero attached hydrogens (tertiary/aromatic N) is 2. The van der Waals surface area contributed by atoms with Crippen molar-refractivity contribution in [1.29, 1.82) is 0 Å². The van der Waals surface area contributed by atoms with Crippen LogP contribution in [0.25, 0.3) is 11.5 Å². The summed E-state index contributed by atoms with van der Waals surface area (Å²) in [5.74, 6) is 1.10. The minimum Gasteiger partial charge on any atom is -0.507 e. The molecule has 96 valence electrons. The fourth-order valence-electron chi connectivity index (χ4n) is 1.58. The zero-order chi connectivity index (χ0) is 13.1. The van der Waals surface area contributed by atoms with Gasteiger partial charge in [-0.25, -0.2) is 0 Å². The van der Waals surface area contributed by atoms with Gasteiger partial charge in [-0.2, -0.15) is 4.98 Å². The number of hydrogen-bond donors (Lipinski definition) is 1. The Labute approximate surface area is 118 Å². The molecule has 0 radical (unpaired) electrons. The van der Waals surface area contributed by atoms with Crippen LogP contribution in [-0.2, 0) is 4.74 Å². The predicted octanol–water partition coefficient (Wildman–Crippen LogP) is 3.14. The molecule has 0 saturated carbocycles. The van der Waals surface area contributed by atoms with Gasteiger partial charge in [0.05, 0.1) is 3.57 Å². The number of rotatable bonds is 4. The molecule has 2 aromatic rings. The van der Waals surface area contributed by atoms with Crippen LogP contribution in [0.3, 0.4) is 0 Å². The summed E-state index contributed by atoms with van der Waals surface area (Å²) in [6.07, 6.45) is 0.605. The molecule has 0 bridgehead atoms. The van der Waals surface area contributed by atoms with Crippen LogP contribution in [-0.4, -0.2) is 22.4 Å². The van der Waals surface area contributed by atoms with Crippen molar-refractivity contribution in [2.24, 2.45) is 0 Å². The Morgan fingerprint density at radius 2 is 2.28 bits per heavy atom. The summed E-state index contributed by atoms with van der Waals surface area (Å²) in [5.41, 5.74) is 0.692. The van der Waals surface area contributed by atoms with Crippen molar-refractivity contribution in [2.45, 2.75) is 19.4 Å². The lowest BCUT2D eigenvalue weighted by Crippen LogP contribution is -2.01. The second kappa shape index (κ2) is 5.66. The van der Waals surface area contributed by atoms with Crippen molar-refractivity contribution < 1.29 is 14.4 Å². The summed E-state index contributed by atoms with van der Waals surface area (Å²) >= 11 is 2.05. The molecular formula is C12H13IN2O3. The molecule has 1 N–H and O–H groups in total. The zero-order valence-electron chi connectivity index (χ0n) is 10.1. The third kappa shape index (κ3) is 2.64. The highest BCUT2D eigenvalue weighted by molar-refractivity contribution is 14.1. The van der Waals surface area contributed by atoms with Crippen LogP contribution in [0.1, 0.15) is 25.3 Å². The van der Waals surface area contributed by atoms with E-state index >= 15 is 0 Å². The normalized spacial score (nSPS) is 12.6. The van der Waals surface area contributed by atoms with E-state index in [-0.39, 0.29) is 11.9 Å². The standard InChI is InChI=1S/C12H13IN2O3/c1-3-10(17-2)11-14-12(18-15-11)7-4-5-8(13)9(16)6-7/h4-6,10,16H,3H2,1-2H3. The molecule has 1 aromatic carbocycles. The van der Waals surface area contributed by atoms with E-state index in [1.165, 1.54) is 0 Å². The first-order chi connectivity index (χ1) is 8.65. The first-order valence-electron chi connectivity index (χ1n) is 5.51. The molecule has 1 unspecified atom stereocenters. The number of benzene rings is 1. The predicted molar refractivity (Wildman–Crippen MR) is 74.2 cm³/mol. The fourth-order valence-corrected chi connectivity index (χ4v) is 1.92. The average Bonchev–Trinajstić information content (AvgIpc) is 2.84. The van der Waals surface area contributed by atoms with Crippen molar-refractivity contribution in [1.82, 2.24) is 10.1 Å². The Morgan fingerprint density at radius 3 is 2.89 bits per heavy atom. The van der Waals surface area contributed by atoms with Gasteiger partial charge in [-0.15, -0.1) is 0 Å². The minimum atomic E-state index is -0.167.